The van der Waals surface area contributed by atoms with Crippen LogP contribution in [0.4, 0.5) is 0 Å². The molecule has 0 saturated heterocycles. The average Bonchev–Trinajstić information content (AvgIpc) is 2.65. The standard InChI is InChI=1S/C21H27NO3/c1-5-15-11-12-19(16(6-2)13-15)25-14-17-9-7-8-10-18(17)21(3,24-4)20(22)23/h7-13H,5-6,14H2,1-4H3,(H2,22,23). The van der Waals surface area contributed by atoms with E-state index < -0.39 is 11.5 Å². The Morgan fingerprint density at radius 1 is 1.08 bits per heavy atom. The minimum absolute atomic E-state index is 0.348. The number of ether oxygens (including phenoxy) is 2. The highest BCUT2D eigenvalue weighted by molar-refractivity contribution is 5.85. The molecule has 4 heteroatoms. The number of hydrogen-bond donors (Lipinski definition) is 1. The van der Waals surface area contributed by atoms with Crippen LogP contribution in [0.1, 0.15) is 43.0 Å². The zero-order valence-corrected chi connectivity index (χ0v) is 15.5. The highest BCUT2D eigenvalue weighted by Gasteiger charge is 2.35. The van der Waals surface area contributed by atoms with Crippen molar-refractivity contribution in [2.75, 3.05) is 7.11 Å². The fraction of sp³-hybridized carbons (Fsp3) is 0.381. The van der Waals surface area contributed by atoms with Crippen LogP contribution in [0.3, 0.4) is 0 Å². The number of carbonyl (C=O) groups excluding carboxylic acids is 1. The van der Waals surface area contributed by atoms with E-state index in [1.54, 1.807) is 6.92 Å². The smallest absolute Gasteiger partial charge is 0.254 e. The number of hydrogen-bond acceptors (Lipinski definition) is 3. The summed E-state index contributed by atoms with van der Waals surface area (Å²) in [5.74, 6) is 0.344. The SMILES string of the molecule is CCc1ccc(OCc2ccccc2C(C)(OC)C(N)=O)c(CC)c1. The van der Waals surface area contributed by atoms with Gasteiger partial charge in [0, 0.05) is 7.11 Å². The molecule has 0 fully saturated rings. The summed E-state index contributed by atoms with van der Waals surface area (Å²) < 4.78 is 11.5. The molecule has 2 N–H and O–H groups in total. The lowest BCUT2D eigenvalue weighted by atomic mass is 9.90. The maximum atomic E-state index is 11.9. The van der Waals surface area contributed by atoms with Gasteiger partial charge in [0.15, 0.2) is 5.60 Å². The molecule has 0 radical (unpaired) electrons. The highest BCUT2D eigenvalue weighted by atomic mass is 16.5. The molecule has 0 spiro atoms. The maximum Gasteiger partial charge on any atom is 0.254 e. The number of rotatable bonds is 8. The second kappa shape index (κ2) is 8.17. The minimum atomic E-state index is -1.18. The van der Waals surface area contributed by atoms with Crippen LogP contribution >= 0.6 is 0 Å². The second-order valence-corrected chi connectivity index (χ2v) is 6.20. The predicted molar refractivity (Wildman–Crippen MR) is 99.5 cm³/mol. The molecular weight excluding hydrogens is 314 g/mol. The summed E-state index contributed by atoms with van der Waals surface area (Å²) >= 11 is 0. The molecule has 2 aromatic carbocycles. The van der Waals surface area contributed by atoms with E-state index in [4.69, 9.17) is 15.2 Å². The van der Waals surface area contributed by atoms with Crippen molar-refractivity contribution in [3.63, 3.8) is 0 Å². The van der Waals surface area contributed by atoms with Crippen LogP contribution in [0.2, 0.25) is 0 Å². The number of benzene rings is 2. The summed E-state index contributed by atoms with van der Waals surface area (Å²) in [4.78, 5) is 11.9. The van der Waals surface area contributed by atoms with Crippen LogP contribution in [-0.2, 0) is 34.6 Å². The van der Waals surface area contributed by atoms with Gasteiger partial charge in [-0.2, -0.15) is 0 Å². The summed E-state index contributed by atoms with van der Waals surface area (Å²) in [7, 11) is 1.49. The van der Waals surface area contributed by atoms with E-state index in [0.29, 0.717) is 6.61 Å². The summed E-state index contributed by atoms with van der Waals surface area (Å²) in [6.45, 7) is 6.29. The van der Waals surface area contributed by atoms with Gasteiger partial charge in [-0.25, -0.2) is 0 Å². The molecule has 0 heterocycles. The molecular formula is C21H27NO3. The van der Waals surface area contributed by atoms with Crippen LogP contribution in [-0.4, -0.2) is 13.0 Å². The van der Waals surface area contributed by atoms with Crippen molar-refractivity contribution in [3.8, 4) is 5.75 Å². The normalized spacial score (nSPS) is 13.3. The number of carbonyl (C=O) groups is 1. The third-order valence-electron chi connectivity index (χ3n) is 4.71. The Hall–Kier alpha value is -2.33. The first-order chi connectivity index (χ1) is 12.0. The Balaban J connectivity index is 2.30. The molecule has 1 amide bonds. The van der Waals surface area contributed by atoms with E-state index >= 15 is 0 Å². The largest absolute Gasteiger partial charge is 0.489 e. The lowest BCUT2D eigenvalue weighted by Gasteiger charge is -2.27. The van der Waals surface area contributed by atoms with E-state index in [0.717, 1.165) is 29.7 Å². The van der Waals surface area contributed by atoms with Crippen LogP contribution in [0.5, 0.6) is 5.75 Å². The summed E-state index contributed by atoms with van der Waals surface area (Å²) in [6, 6.07) is 13.9. The molecule has 2 rings (SSSR count). The van der Waals surface area contributed by atoms with Gasteiger partial charge in [0.2, 0.25) is 0 Å². The van der Waals surface area contributed by atoms with Gasteiger partial charge in [-0.3, -0.25) is 4.79 Å². The van der Waals surface area contributed by atoms with Crippen molar-refractivity contribution >= 4 is 5.91 Å². The van der Waals surface area contributed by atoms with Crippen LogP contribution in [0, 0.1) is 0 Å². The summed E-state index contributed by atoms with van der Waals surface area (Å²) in [6.07, 6.45) is 1.91. The van der Waals surface area contributed by atoms with Crippen LogP contribution < -0.4 is 10.5 Å². The Bertz CT molecular complexity index is 742. The molecule has 2 aromatic rings. The number of methoxy groups -OCH3 is 1. The first-order valence-electron chi connectivity index (χ1n) is 8.64. The molecule has 1 atom stereocenters. The molecule has 0 saturated carbocycles. The second-order valence-electron chi connectivity index (χ2n) is 6.20. The van der Waals surface area contributed by atoms with Gasteiger partial charge in [0.1, 0.15) is 12.4 Å². The van der Waals surface area contributed by atoms with E-state index in [9.17, 15) is 4.79 Å². The number of amides is 1. The lowest BCUT2D eigenvalue weighted by molar-refractivity contribution is -0.139. The van der Waals surface area contributed by atoms with E-state index in [1.165, 1.54) is 18.2 Å². The van der Waals surface area contributed by atoms with Gasteiger partial charge in [0.05, 0.1) is 0 Å². The molecule has 25 heavy (non-hydrogen) atoms. The van der Waals surface area contributed by atoms with Gasteiger partial charge in [-0.1, -0.05) is 50.2 Å². The number of aryl methyl sites for hydroxylation is 2. The first kappa shape index (κ1) is 19.0. The van der Waals surface area contributed by atoms with Crippen LogP contribution in [0.15, 0.2) is 42.5 Å². The quantitative estimate of drug-likeness (QED) is 0.795. The fourth-order valence-corrected chi connectivity index (χ4v) is 2.88. The summed E-state index contributed by atoms with van der Waals surface area (Å²) in [5, 5.41) is 0. The highest BCUT2D eigenvalue weighted by Crippen LogP contribution is 2.29. The van der Waals surface area contributed by atoms with Gasteiger partial charge >= 0.3 is 0 Å². The maximum absolute atomic E-state index is 11.9. The predicted octanol–water partition coefficient (Wildman–Crippen LogP) is 3.74. The van der Waals surface area contributed by atoms with E-state index in [2.05, 4.69) is 26.0 Å². The summed E-state index contributed by atoms with van der Waals surface area (Å²) in [5.41, 5.74) is 8.47. The molecule has 0 aromatic heterocycles. The fourth-order valence-electron chi connectivity index (χ4n) is 2.88. The zero-order valence-electron chi connectivity index (χ0n) is 15.5. The van der Waals surface area contributed by atoms with Crippen molar-refractivity contribution in [3.05, 3.63) is 64.7 Å². The van der Waals surface area contributed by atoms with Gasteiger partial charge in [0.25, 0.3) is 5.91 Å². The third-order valence-corrected chi connectivity index (χ3v) is 4.71. The van der Waals surface area contributed by atoms with Gasteiger partial charge in [-0.15, -0.1) is 0 Å². The van der Waals surface area contributed by atoms with E-state index in [1.807, 2.05) is 30.3 Å². The Morgan fingerprint density at radius 3 is 2.40 bits per heavy atom. The average molecular weight is 341 g/mol. The monoisotopic (exact) mass is 341 g/mol. The molecule has 0 bridgehead atoms. The van der Waals surface area contributed by atoms with Crippen molar-refractivity contribution in [2.45, 2.75) is 45.8 Å². The molecule has 1 unspecified atom stereocenters. The van der Waals surface area contributed by atoms with Gasteiger partial charge < -0.3 is 15.2 Å². The van der Waals surface area contributed by atoms with Crippen molar-refractivity contribution < 1.29 is 14.3 Å². The minimum Gasteiger partial charge on any atom is -0.489 e. The lowest BCUT2D eigenvalue weighted by Crippen LogP contribution is -2.41. The number of primary amides is 1. The van der Waals surface area contributed by atoms with Crippen molar-refractivity contribution in [2.24, 2.45) is 5.73 Å². The molecule has 0 aliphatic rings. The Labute approximate surface area is 150 Å². The molecule has 0 aliphatic heterocycles. The number of nitrogens with two attached hydrogens (primary N) is 1. The third kappa shape index (κ3) is 4.02. The Kier molecular flexibility index (Phi) is 6.21. The first-order valence-corrected chi connectivity index (χ1v) is 8.64. The molecule has 4 nitrogen and oxygen atoms in total. The molecule has 134 valence electrons. The Morgan fingerprint density at radius 2 is 1.80 bits per heavy atom. The van der Waals surface area contributed by atoms with E-state index in [-0.39, 0.29) is 0 Å². The van der Waals surface area contributed by atoms with Crippen molar-refractivity contribution in [1.29, 1.82) is 0 Å². The zero-order chi connectivity index (χ0) is 18.4. The topological polar surface area (TPSA) is 61.6 Å². The molecule has 0 aliphatic carbocycles. The van der Waals surface area contributed by atoms with Gasteiger partial charge in [-0.05, 0) is 48.1 Å². The van der Waals surface area contributed by atoms with Crippen LogP contribution in [0.25, 0.3) is 0 Å². The van der Waals surface area contributed by atoms with Crippen molar-refractivity contribution in [1.82, 2.24) is 0 Å².